The average molecular weight is 614 g/mol. The van der Waals surface area contributed by atoms with Gasteiger partial charge in [-0.3, -0.25) is 20.2 Å². The van der Waals surface area contributed by atoms with Crippen LogP contribution in [0.3, 0.4) is 0 Å². The molecule has 0 unspecified atom stereocenters. The van der Waals surface area contributed by atoms with E-state index in [0.29, 0.717) is 21.9 Å². The normalized spacial score (nSPS) is 11.0. The van der Waals surface area contributed by atoms with E-state index in [-0.39, 0.29) is 28.8 Å². The SMILES string of the molecule is COc1ccc(NC(=O)NCCNS(=O)(=O)c2ccc(-c3ccccc3Oc3ccc([N+](=O)[O-])c([N+](=O)[O-])c3)s2)cc1. The van der Waals surface area contributed by atoms with Gasteiger partial charge in [0.1, 0.15) is 21.5 Å². The van der Waals surface area contributed by atoms with E-state index < -0.39 is 37.3 Å². The number of carbonyl (C=O) groups excluding carboxylic acids is 1. The van der Waals surface area contributed by atoms with E-state index in [0.717, 1.165) is 23.5 Å². The van der Waals surface area contributed by atoms with E-state index in [9.17, 15) is 33.4 Å². The summed E-state index contributed by atoms with van der Waals surface area (Å²) in [5.41, 5.74) is -0.356. The molecule has 218 valence electrons. The second-order valence-electron chi connectivity index (χ2n) is 8.39. The van der Waals surface area contributed by atoms with Crippen LogP contribution in [0.15, 0.2) is 83.1 Å². The van der Waals surface area contributed by atoms with Crippen molar-refractivity contribution in [3.8, 4) is 27.7 Å². The molecule has 4 rings (SSSR count). The molecule has 14 nitrogen and oxygen atoms in total. The summed E-state index contributed by atoms with van der Waals surface area (Å²) in [6.45, 7) is -0.0400. The van der Waals surface area contributed by atoms with Gasteiger partial charge >= 0.3 is 17.4 Å². The van der Waals surface area contributed by atoms with Crippen molar-refractivity contribution in [2.75, 3.05) is 25.5 Å². The molecule has 0 radical (unpaired) electrons. The number of nitrogens with one attached hydrogen (secondary N) is 3. The van der Waals surface area contributed by atoms with Gasteiger partial charge in [-0.15, -0.1) is 11.3 Å². The number of hydrogen-bond acceptors (Lipinski definition) is 10. The monoisotopic (exact) mass is 613 g/mol. The van der Waals surface area contributed by atoms with Crippen LogP contribution in [0.2, 0.25) is 0 Å². The number of methoxy groups -OCH3 is 1. The Kier molecular flexibility index (Phi) is 9.31. The van der Waals surface area contributed by atoms with Gasteiger partial charge in [-0.05, 0) is 54.6 Å². The first-order valence-electron chi connectivity index (χ1n) is 12.1. The van der Waals surface area contributed by atoms with Crippen molar-refractivity contribution in [1.82, 2.24) is 10.0 Å². The lowest BCUT2D eigenvalue weighted by molar-refractivity contribution is -0.422. The molecular weight excluding hydrogens is 590 g/mol. The minimum atomic E-state index is -3.91. The zero-order valence-corrected chi connectivity index (χ0v) is 23.4. The molecule has 0 saturated heterocycles. The number of nitro benzene ring substituents is 2. The van der Waals surface area contributed by atoms with Crippen LogP contribution in [-0.2, 0) is 10.0 Å². The molecule has 42 heavy (non-hydrogen) atoms. The van der Waals surface area contributed by atoms with Crippen molar-refractivity contribution < 1.29 is 32.5 Å². The molecule has 1 heterocycles. The number of benzene rings is 3. The Bertz CT molecular complexity index is 1720. The van der Waals surface area contributed by atoms with E-state index in [1.165, 1.54) is 19.2 Å². The van der Waals surface area contributed by atoms with Crippen molar-refractivity contribution in [3.05, 3.63) is 99.1 Å². The number of nitro groups is 2. The number of carbonyl (C=O) groups is 1. The lowest BCUT2D eigenvalue weighted by atomic mass is 10.1. The van der Waals surface area contributed by atoms with Crippen LogP contribution in [0.25, 0.3) is 10.4 Å². The highest BCUT2D eigenvalue weighted by atomic mass is 32.2. The van der Waals surface area contributed by atoms with Gasteiger partial charge in [0.2, 0.25) is 10.0 Å². The zero-order valence-electron chi connectivity index (χ0n) is 21.8. The van der Waals surface area contributed by atoms with Crippen LogP contribution < -0.4 is 24.8 Å². The van der Waals surface area contributed by atoms with Gasteiger partial charge in [-0.1, -0.05) is 12.1 Å². The lowest BCUT2D eigenvalue weighted by Gasteiger charge is -2.10. The summed E-state index contributed by atoms with van der Waals surface area (Å²) in [5.74, 6) is 0.889. The number of nitrogens with zero attached hydrogens (tertiary/aromatic N) is 2. The van der Waals surface area contributed by atoms with Crippen LogP contribution in [0.4, 0.5) is 21.9 Å². The Morgan fingerprint density at radius 1 is 0.881 bits per heavy atom. The number of hydrogen-bond donors (Lipinski definition) is 3. The van der Waals surface area contributed by atoms with Crippen molar-refractivity contribution in [3.63, 3.8) is 0 Å². The average Bonchev–Trinajstić information content (AvgIpc) is 3.47. The molecule has 3 N–H and O–H groups in total. The summed E-state index contributed by atoms with van der Waals surface area (Å²) in [6, 6.07) is 19.0. The summed E-state index contributed by atoms with van der Waals surface area (Å²) in [6.07, 6.45) is 0. The fraction of sp³-hybridized carbons (Fsp3) is 0.115. The van der Waals surface area contributed by atoms with E-state index >= 15 is 0 Å². The second-order valence-corrected chi connectivity index (χ2v) is 11.5. The number of para-hydroxylation sites is 1. The van der Waals surface area contributed by atoms with E-state index in [1.807, 2.05) is 0 Å². The molecule has 0 aliphatic carbocycles. The van der Waals surface area contributed by atoms with Crippen LogP contribution in [0, 0.1) is 20.2 Å². The minimum absolute atomic E-state index is 0.00524. The number of amides is 2. The maximum atomic E-state index is 12.8. The molecule has 0 aliphatic heterocycles. The number of ether oxygens (including phenoxy) is 2. The summed E-state index contributed by atoms with van der Waals surface area (Å²) in [5, 5.41) is 27.6. The molecule has 3 aromatic carbocycles. The maximum absolute atomic E-state index is 12.8. The van der Waals surface area contributed by atoms with Gasteiger partial charge < -0.3 is 20.1 Å². The molecule has 4 aromatic rings. The van der Waals surface area contributed by atoms with Crippen LogP contribution in [-0.4, -0.2) is 44.5 Å². The first-order chi connectivity index (χ1) is 20.1. The molecule has 1 aromatic heterocycles. The van der Waals surface area contributed by atoms with E-state index in [4.69, 9.17) is 9.47 Å². The number of urea groups is 1. The highest BCUT2D eigenvalue weighted by molar-refractivity contribution is 7.91. The minimum Gasteiger partial charge on any atom is -0.497 e. The smallest absolute Gasteiger partial charge is 0.349 e. The maximum Gasteiger partial charge on any atom is 0.349 e. The van der Waals surface area contributed by atoms with Crippen LogP contribution >= 0.6 is 11.3 Å². The first kappa shape index (κ1) is 29.9. The molecule has 0 fully saturated rings. The number of rotatable bonds is 12. The largest absolute Gasteiger partial charge is 0.497 e. The molecule has 0 saturated carbocycles. The van der Waals surface area contributed by atoms with Crippen LogP contribution in [0.1, 0.15) is 0 Å². The van der Waals surface area contributed by atoms with Gasteiger partial charge in [0.05, 0.1) is 23.0 Å². The molecule has 2 amide bonds. The number of thiophene rings is 1. The number of sulfonamides is 1. The van der Waals surface area contributed by atoms with Gasteiger partial charge in [-0.2, -0.15) is 0 Å². The lowest BCUT2D eigenvalue weighted by Crippen LogP contribution is -2.36. The standard InChI is InChI=1S/C26H23N5O9S2/c1-39-18-8-6-17(7-9-18)29-26(32)27-14-15-28-42(37,38)25-13-12-24(41-25)20-4-2-3-5-23(20)40-19-10-11-21(30(33)34)22(16-19)31(35)36/h2-13,16,28H,14-15H2,1H3,(H2,27,29,32). The van der Waals surface area contributed by atoms with Gasteiger partial charge in [0.15, 0.2) is 0 Å². The van der Waals surface area contributed by atoms with Crippen molar-refractivity contribution in [2.45, 2.75) is 4.21 Å². The molecule has 0 bridgehead atoms. The summed E-state index contributed by atoms with van der Waals surface area (Å²) >= 11 is 0.963. The quantitative estimate of drug-likeness (QED) is 0.110. The highest BCUT2D eigenvalue weighted by Gasteiger charge is 2.25. The predicted molar refractivity (Wildman–Crippen MR) is 155 cm³/mol. The third-order valence-corrected chi connectivity index (χ3v) is 8.69. The Labute approximate surface area is 243 Å². The Morgan fingerprint density at radius 3 is 2.26 bits per heavy atom. The first-order valence-corrected chi connectivity index (χ1v) is 14.4. The molecular formula is C26H23N5O9S2. The second kappa shape index (κ2) is 13.1. The Morgan fingerprint density at radius 2 is 1.57 bits per heavy atom. The third kappa shape index (κ3) is 7.36. The van der Waals surface area contributed by atoms with Gasteiger partial charge in [-0.25, -0.2) is 17.9 Å². The summed E-state index contributed by atoms with van der Waals surface area (Å²) in [7, 11) is -2.38. The fourth-order valence-corrected chi connectivity index (χ4v) is 6.06. The molecule has 0 spiro atoms. The Balaban J connectivity index is 1.39. The summed E-state index contributed by atoms with van der Waals surface area (Å²) in [4.78, 5) is 33.3. The summed E-state index contributed by atoms with van der Waals surface area (Å²) < 4.78 is 39.0. The van der Waals surface area contributed by atoms with Crippen LogP contribution in [0.5, 0.6) is 17.2 Å². The van der Waals surface area contributed by atoms with Crippen molar-refractivity contribution in [1.29, 1.82) is 0 Å². The van der Waals surface area contributed by atoms with E-state index in [1.54, 1.807) is 54.6 Å². The van der Waals surface area contributed by atoms with Crippen molar-refractivity contribution in [2.24, 2.45) is 0 Å². The number of anilines is 1. The van der Waals surface area contributed by atoms with Gasteiger partial charge in [0, 0.05) is 35.3 Å². The Hall–Kier alpha value is -5.06. The third-order valence-electron chi connectivity index (χ3n) is 5.62. The molecule has 16 heteroatoms. The van der Waals surface area contributed by atoms with E-state index in [2.05, 4.69) is 15.4 Å². The zero-order chi connectivity index (χ0) is 30.3. The fourth-order valence-electron chi connectivity index (χ4n) is 3.65. The van der Waals surface area contributed by atoms with Crippen molar-refractivity contribution >= 4 is 44.5 Å². The van der Waals surface area contributed by atoms with Gasteiger partial charge in [0.25, 0.3) is 0 Å². The molecule has 0 aliphatic rings. The highest BCUT2D eigenvalue weighted by Crippen LogP contribution is 2.39. The topological polar surface area (TPSA) is 192 Å². The predicted octanol–water partition coefficient (Wildman–Crippen LogP) is 5.13. The molecule has 0 atom stereocenters.